The average molecular weight is 397 g/mol. The van der Waals surface area contributed by atoms with E-state index in [1.165, 1.54) is 6.33 Å². The molecule has 2 aromatic rings. The Morgan fingerprint density at radius 2 is 1.83 bits per heavy atom. The van der Waals surface area contributed by atoms with Crippen LogP contribution in [0.25, 0.3) is 0 Å². The van der Waals surface area contributed by atoms with Gasteiger partial charge in [0, 0.05) is 38.0 Å². The highest BCUT2D eigenvalue weighted by atomic mass is 79.9. The molecule has 0 unspecified atom stereocenters. The zero-order chi connectivity index (χ0) is 17.4. The van der Waals surface area contributed by atoms with E-state index in [-0.39, 0.29) is 0 Å². The molecule has 2 aromatic heterocycles. The summed E-state index contributed by atoms with van der Waals surface area (Å²) in [6.45, 7) is 2.42. The molecule has 130 valence electrons. The maximum absolute atomic E-state index is 6.26. The molecule has 0 bridgehead atoms. The van der Waals surface area contributed by atoms with Crippen molar-refractivity contribution in [3.63, 3.8) is 0 Å². The number of nitrogens with one attached hydrogen (secondary N) is 1. The second-order valence-corrected chi connectivity index (χ2v) is 5.83. The lowest BCUT2D eigenvalue weighted by Crippen LogP contribution is -2.32. The summed E-state index contributed by atoms with van der Waals surface area (Å²) in [5.74, 6) is 1.79. The SMILES string of the molecule is COCCN(CCOC)c1ncnc(Nc2ccc(Br)cn2)c1N. The number of ether oxygens (including phenoxy) is 2. The van der Waals surface area contributed by atoms with Crippen molar-refractivity contribution in [3.8, 4) is 0 Å². The van der Waals surface area contributed by atoms with Gasteiger partial charge < -0.3 is 25.4 Å². The highest BCUT2D eigenvalue weighted by Crippen LogP contribution is 2.28. The monoisotopic (exact) mass is 396 g/mol. The van der Waals surface area contributed by atoms with E-state index >= 15 is 0 Å². The second-order valence-electron chi connectivity index (χ2n) is 4.92. The summed E-state index contributed by atoms with van der Waals surface area (Å²) >= 11 is 3.35. The Morgan fingerprint density at radius 1 is 1.12 bits per heavy atom. The Balaban J connectivity index is 2.22. The van der Waals surface area contributed by atoms with E-state index in [0.717, 1.165) is 4.47 Å². The van der Waals surface area contributed by atoms with Gasteiger partial charge >= 0.3 is 0 Å². The number of methoxy groups -OCH3 is 2. The molecule has 0 aliphatic rings. The Kier molecular flexibility index (Phi) is 7.16. The maximum atomic E-state index is 6.26. The van der Waals surface area contributed by atoms with Gasteiger partial charge in [-0.25, -0.2) is 15.0 Å². The highest BCUT2D eigenvalue weighted by molar-refractivity contribution is 9.10. The van der Waals surface area contributed by atoms with Gasteiger partial charge in [-0.05, 0) is 28.1 Å². The minimum atomic E-state index is 0.453. The third-order valence-electron chi connectivity index (χ3n) is 3.27. The standard InChI is InChI=1S/C15H21BrN6O2/c1-23-7-5-22(6-8-24-2)15-13(17)14(19-10-20-15)21-12-4-3-11(16)9-18-12/h3-4,9-10H,5-8,17H2,1-2H3,(H,18,19,20,21). The normalized spacial score (nSPS) is 10.6. The van der Waals surface area contributed by atoms with E-state index in [1.807, 2.05) is 17.0 Å². The summed E-state index contributed by atoms with van der Waals surface area (Å²) in [5, 5.41) is 3.11. The first kappa shape index (κ1) is 18.4. The van der Waals surface area contributed by atoms with Gasteiger partial charge in [-0.2, -0.15) is 0 Å². The van der Waals surface area contributed by atoms with Crippen LogP contribution in [0, 0.1) is 0 Å². The Morgan fingerprint density at radius 3 is 2.42 bits per heavy atom. The largest absolute Gasteiger partial charge is 0.393 e. The van der Waals surface area contributed by atoms with Crippen molar-refractivity contribution < 1.29 is 9.47 Å². The van der Waals surface area contributed by atoms with E-state index in [9.17, 15) is 0 Å². The molecule has 0 aliphatic heterocycles. The number of nitrogens with zero attached hydrogens (tertiary/aromatic N) is 4. The van der Waals surface area contributed by atoms with Crippen LogP contribution in [-0.2, 0) is 9.47 Å². The Hall–Kier alpha value is -1.97. The van der Waals surface area contributed by atoms with E-state index in [1.54, 1.807) is 20.4 Å². The van der Waals surface area contributed by atoms with Gasteiger partial charge in [0.25, 0.3) is 0 Å². The lowest BCUT2D eigenvalue weighted by Gasteiger charge is -2.24. The van der Waals surface area contributed by atoms with Crippen molar-refractivity contribution in [2.75, 3.05) is 56.5 Å². The fourth-order valence-corrected chi connectivity index (χ4v) is 2.27. The molecule has 0 spiro atoms. The lowest BCUT2D eigenvalue weighted by atomic mass is 10.3. The molecule has 0 atom stereocenters. The van der Waals surface area contributed by atoms with Gasteiger partial charge in [0.1, 0.15) is 17.8 Å². The van der Waals surface area contributed by atoms with Gasteiger partial charge in [-0.1, -0.05) is 0 Å². The van der Waals surface area contributed by atoms with Crippen molar-refractivity contribution in [3.05, 3.63) is 29.1 Å². The fraction of sp³-hybridized carbons (Fsp3) is 0.400. The van der Waals surface area contributed by atoms with Crippen LogP contribution in [0.2, 0.25) is 0 Å². The maximum Gasteiger partial charge on any atom is 0.160 e. The van der Waals surface area contributed by atoms with Gasteiger partial charge in [0.05, 0.1) is 13.2 Å². The summed E-state index contributed by atoms with van der Waals surface area (Å²) in [6.07, 6.45) is 3.17. The van der Waals surface area contributed by atoms with Crippen LogP contribution in [0.15, 0.2) is 29.1 Å². The van der Waals surface area contributed by atoms with Crippen molar-refractivity contribution in [2.45, 2.75) is 0 Å². The van der Waals surface area contributed by atoms with Gasteiger partial charge in [0.15, 0.2) is 11.6 Å². The number of halogens is 1. The summed E-state index contributed by atoms with van der Waals surface area (Å²) in [4.78, 5) is 14.8. The fourth-order valence-electron chi connectivity index (χ4n) is 2.04. The molecular formula is C15H21BrN6O2. The molecule has 0 fully saturated rings. The number of nitrogens with two attached hydrogens (primary N) is 1. The zero-order valence-electron chi connectivity index (χ0n) is 13.7. The van der Waals surface area contributed by atoms with Crippen LogP contribution < -0.4 is 16.0 Å². The summed E-state index contributed by atoms with van der Waals surface area (Å²) in [7, 11) is 3.31. The summed E-state index contributed by atoms with van der Waals surface area (Å²) in [6, 6.07) is 3.72. The smallest absolute Gasteiger partial charge is 0.160 e. The minimum absolute atomic E-state index is 0.453. The van der Waals surface area contributed by atoms with Crippen LogP contribution in [-0.4, -0.2) is 55.5 Å². The third-order valence-corrected chi connectivity index (χ3v) is 3.74. The van der Waals surface area contributed by atoms with E-state index in [2.05, 4.69) is 36.2 Å². The van der Waals surface area contributed by atoms with Crippen LogP contribution in [0.5, 0.6) is 0 Å². The molecule has 0 amide bonds. The quantitative estimate of drug-likeness (QED) is 0.664. The number of rotatable bonds is 9. The molecule has 0 saturated heterocycles. The van der Waals surface area contributed by atoms with Crippen molar-refractivity contribution in [1.82, 2.24) is 15.0 Å². The number of nitrogen functional groups attached to an aromatic ring is 1. The van der Waals surface area contributed by atoms with Crippen molar-refractivity contribution in [1.29, 1.82) is 0 Å². The highest BCUT2D eigenvalue weighted by Gasteiger charge is 2.15. The molecule has 0 saturated carbocycles. The van der Waals surface area contributed by atoms with Gasteiger partial charge in [-0.3, -0.25) is 0 Å². The molecule has 0 aliphatic carbocycles. The van der Waals surface area contributed by atoms with Crippen LogP contribution >= 0.6 is 15.9 Å². The van der Waals surface area contributed by atoms with Crippen LogP contribution in [0.4, 0.5) is 23.1 Å². The molecule has 0 aromatic carbocycles. The first-order valence-corrected chi connectivity index (χ1v) is 8.17. The molecular weight excluding hydrogens is 376 g/mol. The summed E-state index contributed by atoms with van der Waals surface area (Å²) < 4.78 is 11.2. The van der Waals surface area contributed by atoms with Crippen molar-refractivity contribution in [2.24, 2.45) is 0 Å². The molecule has 0 radical (unpaired) electrons. The third kappa shape index (κ3) is 5.02. The number of pyridine rings is 1. The average Bonchev–Trinajstić information content (AvgIpc) is 2.59. The van der Waals surface area contributed by atoms with Gasteiger partial charge in [0.2, 0.25) is 0 Å². The molecule has 8 nitrogen and oxygen atoms in total. The number of hydrogen-bond donors (Lipinski definition) is 2. The molecule has 3 N–H and O–H groups in total. The van der Waals surface area contributed by atoms with E-state index in [4.69, 9.17) is 15.2 Å². The predicted octanol–water partition coefficient (Wildman–Crippen LogP) is 2.06. The van der Waals surface area contributed by atoms with Gasteiger partial charge in [-0.15, -0.1) is 0 Å². The first-order chi connectivity index (χ1) is 11.7. The number of anilines is 4. The van der Waals surface area contributed by atoms with Crippen molar-refractivity contribution >= 4 is 39.1 Å². The predicted molar refractivity (Wildman–Crippen MR) is 97.6 cm³/mol. The zero-order valence-corrected chi connectivity index (χ0v) is 15.3. The van der Waals surface area contributed by atoms with Crippen LogP contribution in [0.1, 0.15) is 0 Å². The second kappa shape index (κ2) is 9.36. The molecule has 2 rings (SSSR count). The topological polar surface area (TPSA) is 98.4 Å². The Bertz CT molecular complexity index is 632. The minimum Gasteiger partial charge on any atom is -0.393 e. The van der Waals surface area contributed by atoms with E-state index in [0.29, 0.717) is 49.4 Å². The lowest BCUT2D eigenvalue weighted by molar-refractivity contribution is 0.190. The molecule has 24 heavy (non-hydrogen) atoms. The Labute approximate surface area is 149 Å². The number of hydrogen-bond acceptors (Lipinski definition) is 8. The molecule has 9 heteroatoms. The first-order valence-electron chi connectivity index (χ1n) is 7.37. The van der Waals surface area contributed by atoms with E-state index < -0.39 is 0 Å². The summed E-state index contributed by atoms with van der Waals surface area (Å²) in [5.41, 5.74) is 6.71. The molecule has 2 heterocycles. The number of aromatic nitrogens is 3. The van der Waals surface area contributed by atoms with Crippen LogP contribution in [0.3, 0.4) is 0 Å².